The average Bonchev–Trinajstić information content (AvgIpc) is 3.16. The van der Waals surface area contributed by atoms with E-state index < -0.39 is 0 Å². The van der Waals surface area contributed by atoms with Crippen LogP contribution in [0.5, 0.6) is 0 Å². The lowest BCUT2D eigenvalue weighted by Gasteiger charge is -2.36. The predicted octanol–water partition coefficient (Wildman–Crippen LogP) is 3.04. The monoisotopic (exact) mass is 241 g/mol. The second-order valence-electron chi connectivity index (χ2n) is 6.03. The molecule has 3 heterocycles. The fourth-order valence-electron chi connectivity index (χ4n) is 3.59. The molecule has 0 aromatic carbocycles. The SMILES string of the molecule is C=C1CC2CCC(C1)N2c1cc(C2CC2)ncn1. The molecule has 3 heteroatoms. The molecule has 1 aromatic heterocycles. The molecule has 0 spiro atoms. The molecule has 0 N–H and O–H groups in total. The van der Waals surface area contributed by atoms with Gasteiger partial charge in [-0.15, -0.1) is 0 Å². The number of aromatic nitrogens is 2. The minimum atomic E-state index is 0.637. The van der Waals surface area contributed by atoms with Crippen LogP contribution >= 0.6 is 0 Å². The smallest absolute Gasteiger partial charge is 0.132 e. The molecule has 0 amide bonds. The van der Waals surface area contributed by atoms with Crippen LogP contribution in [0.3, 0.4) is 0 Å². The van der Waals surface area contributed by atoms with Crippen LogP contribution in [0.25, 0.3) is 0 Å². The Kier molecular flexibility index (Phi) is 2.23. The Morgan fingerprint density at radius 2 is 1.78 bits per heavy atom. The number of nitrogens with zero attached hydrogens (tertiary/aromatic N) is 3. The van der Waals surface area contributed by atoms with E-state index in [2.05, 4.69) is 27.5 Å². The van der Waals surface area contributed by atoms with E-state index >= 15 is 0 Å². The highest BCUT2D eigenvalue weighted by Gasteiger charge is 2.39. The van der Waals surface area contributed by atoms with Crippen molar-refractivity contribution in [1.82, 2.24) is 9.97 Å². The van der Waals surface area contributed by atoms with Gasteiger partial charge >= 0.3 is 0 Å². The normalized spacial score (nSPS) is 30.9. The summed E-state index contributed by atoms with van der Waals surface area (Å²) >= 11 is 0. The van der Waals surface area contributed by atoms with Gasteiger partial charge < -0.3 is 4.90 Å². The summed E-state index contributed by atoms with van der Waals surface area (Å²) in [5.74, 6) is 1.87. The van der Waals surface area contributed by atoms with E-state index in [1.807, 2.05) is 0 Å². The zero-order valence-electron chi connectivity index (χ0n) is 10.7. The van der Waals surface area contributed by atoms with E-state index in [1.54, 1.807) is 6.33 Å². The Bertz CT molecular complexity index is 476. The number of rotatable bonds is 2. The molecule has 1 saturated carbocycles. The fourth-order valence-corrected chi connectivity index (χ4v) is 3.59. The Balaban J connectivity index is 1.66. The molecule has 2 atom stereocenters. The third-order valence-corrected chi connectivity index (χ3v) is 4.60. The van der Waals surface area contributed by atoms with Crippen molar-refractivity contribution in [2.24, 2.45) is 0 Å². The van der Waals surface area contributed by atoms with E-state index in [-0.39, 0.29) is 0 Å². The molecule has 1 aliphatic carbocycles. The number of piperidine rings is 1. The van der Waals surface area contributed by atoms with Crippen molar-refractivity contribution in [2.75, 3.05) is 4.90 Å². The first-order valence-corrected chi connectivity index (χ1v) is 7.08. The van der Waals surface area contributed by atoms with Crippen LogP contribution < -0.4 is 4.90 Å². The highest BCUT2D eigenvalue weighted by atomic mass is 15.3. The summed E-state index contributed by atoms with van der Waals surface area (Å²) in [6.45, 7) is 4.18. The lowest BCUT2D eigenvalue weighted by atomic mass is 9.98. The summed E-state index contributed by atoms with van der Waals surface area (Å²) in [6.07, 6.45) is 9.27. The van der Waals surface area contributed by atoms with Gasteiger partial charge in [-0.1, -0.05) is 12.2 Å². The van der Waals surface area contributed by atoms with Crippen LogP contribution in [0.4, 0.5) is 5.82 Å². The molecule has 2 saturated heterocycles. The number of fused-ring (bicyclic) bond motifs is 2. The van der Waals surface area contributed by atoms with Gasteiger partial charge in [0.05, 0.1) is 0 Å². The summed E-state index contributed by atoms with van der Waals surface area (Å²) in [6, 6.07) is 3.51. The van der Waals surface area contributed by atoms with Crippen molar-refractivity contribution in [1.29, 1.82) is 0 Å². The topological polar surface area (TPSA) is 29.0 Å². The van der Waals surface area contributed by atoms with Gasteiger partial charge in [0.2, 0.25) is 0 Å². The summed E-state index contributed by atoms with van der Waals surface area (Å²) in [4.78, 5) is 11.5. The maximum Gasteiger partial charge on any atom is 0.132 e. The van der Waals surface area contributed by atoms with Crippen molar-refractivity contribution < 1.29 is 0 Å². The minimum absolute atomic E-state index is 0.637. The third kappa shape index (κ3) is 1.64. The Hall–Kier alpha value is -1.38. The second-order valence-corrected chi connectivity index (χ2v) is 6.03. The summed E-state index contributed by atoms with van der Waals surface area (Å²) in [5, 5.41) is 0. The zero-order chi connectivity index (χ0) is 12.1. The highest BCUT2D eigenvalue weighted by molar-refractivity contribution is 5.46. The highest BCUT2D eigenvalue weighted by Crippen LogP contribution is 2.43. The standard InChI is InChI=1S/C15H19N3/c1-10-6-12-4-5-13(7-10)18(12)15-8-14(11-2-3-11)16-9-17-15/h8-9,11-13H,1-7H2. The van der Waals surface area contributed by atoms with E-state index in [9.17, 15) is 0 Å². The second kappa shape index (κ2) is 3.81. The quantitative estimate of drug-likeness (QED) is 0.745. The molecule has 2 unspecified atom stereocenters. The Labute approximate surface area is 108 Å². The van der Waals surface area contributed by atoms with Gasteiger partial charge in [-0.2, -0.15) is 0 Å². The molecular weight excluding hydrogens is 222 g/mol. The molecule has 1 aromatic rings. The Morgan fingerprint density at radius 1 is 1.06 bits per heavy atom. The van der Waals surface area contributed by atoms with Gasteiger partial charge in [-0.3, -0.25) is 0 Å². The number of hydrogen-bond acceptors (Lipinski definition) is 3. The lowest BCUT2D eigenvalue weighted by Crippen LogP contribution is -2.41. The van der Waals surface area contributed by atoms with Crippen LogP contribution in [0.2, 0.25) is 0 Å². The van der Waals surface area contributed by atoms with Crippen LogP contribution in [0.1, 0.15) is 50.1 Å². The van der Waals surface area contributed by atoms with E-state index in [4.69, 9.17) is 0 Å². The first-order valence-electron chi connectivity index (χ1n) is 7.08. The third-order valence-electron chi connectivity index (χ3n) is 4.60. The van der Waals surface area contributed by atoms with Gasteiger partial charge in [-0.25, -0.2) is 9.97 Å². The van der Waals surface area contributed by atoms with Crippen molar-refractivity contribution in [3.8, 4) is 0 Å². The van der Waals surface area contributed by atoms with Crippen molar-refractivity contribution in [3.63, 3.8) is 0 Å². The van der Waals surface area contributed by atoms with Gasteiger partial charge in [0, 0.05) is 29.8 Å². The number of hydrogen-bond donors (Lipinski definition) is 0. The van der Waals surface area contributed by atoms with Gasteiger partial charge in [0.25, 0.3) is 0 Å². The Morgan fingerprint density at radius 3 is 2.44 bits per heavy atom. The summed E-state index contributed by atoms with van der Waals surface area (Å²) in [5.41, 5.74) is 2.68. The predicted molar refractivity (Wildman–Crippen MR) is 71.7 cm³/mol. The lowest BCUT2D eigenvalue weighted by molar-refractivity contribution is 0.545. The fraction of sp³-hybridized carbons (Fsp3) is 0.600. The summed E-state index contributed by atoms with van der Waals surface area (Å²) < 4.78 is 0. The molecule has 18 heavy (non-hydrogen) atoms. The molecule has 3 fully saturated rings. The molecule has 4 rings (SSSR count). The maximum absolute atomic E-state index is 4.52. The van der Waals surface area contributed by atoms with E-state index in [1.165, 1.54) is 37.0 Å². The van der Waals surface area contributed by atoms with Gasteiger partial charge in [0.15, 0.2) is 0 Å². The first kappa shape index (κ1) is 10.5. The van der Waals surface area contributed by atoms with Gasteiger partial charge in [0.1, 0.15) is 12.1 Å². The van der Waals surface area contributed by atoms with Crippen molar-refractivity contribution >= 4 is 5.82 Å². The van der Waals surface area contributed by atoms with Crippen LogP contribution in [0, 0.1) is 0 Å². The molecular formula is C15H19N3. The maximum atomic E-state index is 4.52. The molecule has 0 radical (unpaired) electrons. The van der Waals surface area contributed by atoms with E-state index in [0.29, 0.717) is 18.0 Å². The molecule has 3 nitrogen and oxygen atoms in total. The minimum Gasteiger partial charge on any atom is -0.350 e. The molecule has 94 valence electrons. The van der Waals surface area contributed by atoms with Crippen LogP contribution in [0.15, 0.2) is 24.5 Å². The molecule has 2 bridgehead atoms. The first-order chi connectivity index (χ1) is 8.81. The number of anilines is 1. The van der Waals surface area contributed by atoms with Crippen molar-refractivity contribution in [3.05, 3.63) is 30.2 Å². The molecule has 2 aliphatic heterocycles. The van der Waals surface area contributed by atoms with Crippen LogP contribution in [-0.4, -0.2) is 22.1 Å². The zero-order valence-corrected chi connectivity index (χ0v) is 10.7. The summed E-state index contributed by atoms with van der Waals surface area (Å²) in [7, 11) is 0. The van der Waals surface area contributed by atoms with Crippen molar-refractivity contribution in [2.45, 2.75) is 56.5 Å². The van der Waals surface area contributed by atoms with E-state index in [0.717, 1.165) is 18.7 Å². The largest absolute Gasteiger partial charge is 0.350 e. The van der Waals surface area contributed by atoms with Gasteiger partial charge in [-0.05, 0) is 38.5 Å². The molecule has 3 aliphatic rings. The van der Waals surface area contributed by atoms with Crippen LogP contribution in [-0.2, 0) is 0 Å². The average molecular weight is 241 g/mol.